The molecule has 1 fully saturated rings. The number of ether oxygens (including phenoxy) is 1. The summed E-state index contributed by atoms with van der Waals surface area (Å²) >= 11 is 1.46. The molecule has 1 aliphatic rings. The zero-order valence-corrected chi connectivity index (χ0v) is 12.7. The molecule has 0 heterocycles. The van der Waals surface area contributed by atoms with Gasteiger partial charge in [0.05, 0.1) is 6.61 Å². The first-order valence-corrected chi connectivity index (χ1v) is 7.97. The molecule has 1 aromatic carbocycles. The number of hydrogen-bond donors (Lipinski definition) is 0. The molecule has 2 rings (SSSR count). The van der Waals surface area contributed by atoms with E-state index in [0.29, 0.717) is 6.61 Å². The molecule has 1 aliphatic carbocycles. The quantitative estimate of drug-likeness (QED) is 0.436. The van der Waals surface area contributed by atoms with E-state index in [1.54, 1.807) is 0 Å². The van der Waals surface area contributed by atoms with Crippen molar-refractivity contribution in [1.29, 1.82) is 0 Å². The average Bonchev–Trinajstić information content (AvgIpc) is 3.29. The van der Waals surface area contributed by atoms with Crippen molar-refractivity contribution in [3.63, 3.8) is 0 Å². The van der Waals surface area contributed by atoms with Crippen molar-refractivity contribution < 1.29 is 14.3 Å². The summed E-state index contributed by atoms with van der Waals surface area (Å²) in [7, 11) is 0. The molecule has 1 aromatic rings. The minimum absolute atomic E-state index is 0.185. The molecule has 0 radical (unpaired) electrons. The third-order valence-electron chi connectivity index (χ3n) is 3.18. The molecule has 0 bridgehead atoms. The van der Waals surface area contributed by atoms with Gasteiger partial charge in [-0.1, -0.05) is 19.1 Å². The minimum atomic E-state index is -0.230. The van der Waals surface area contributed by atoms with Gasteiger partial charge in [0, 0.05) is 16.4 Å². The summed E-state index contributed by atoms with van der Waals surface area (Å²) in [6, 6.07) is 7.52. The van der Waals surface area contributed by atoms with Crippen LogP contribution in [0.25, 0.3) is 0 Å². The average molecular weight is 292 g/mol. The van der Waals surface area contributed by atoms with Crippen LogP contribution >= 0.6 is 11.8 Å². The molecule has 0 saturated heterocycles. The Labute approximate surface area is 124 Å². The normalized spacial score (nSPS) is 15.7. The lowest BCUT2D eigenvalue weighted by molar-refractivity contribution is -0.142. The fourth-order valence-corrected chi connectivity index (χ4v) is 2.72. The zero-order chi connectivity index (χ0) is 14.5. The number of thioether (sulfide) groups is 1. The molecule has 1 saturated carbocycles. The summed E-state index contributed by atoms with van der Waals surface area (Å²) in [4.78, 5) is 24.6. The first-order chi connectivity index (χ1) is 9.61. The van der Waals surface area contributed by atoms with Gasteiger partial charge in [-0.15, -0.1) is 11.8 Å². The van der Waals surface area contributed by atoms with Gasteiger partial charge in [0.15, 0.2) is 5.78 Å². The van der Waals surface area contributed by atoms with Crippen LogP contribution in [0.1, 0.15) is 43.5 Å². The molecule has 0 aliphatic heterocycles. The molecule has 1 atom stereocenters. The number of carbonyl (C=O) groups excluding carboxylic acids is 2. The first-order valence-electron chi connectivity index (χ1n) is 7.09. The summed E-state index contributed by atoms with van der Waals surface area (Å²) in [6.07, 6.45) is 2.88. The number of benzene rings is 1. The Bertz CT molecular complexity index is 477. The van der Waals surface area contributed by atoms with E-state index in [4.69, 9.17) is 4.74 Å². The van der Waals surface area contributed by atoms with Crippen LogP contribution < -0.4 is 0 Å². The van der Waals surface area contributed by atoms with Gasteiger partial charge < -0.3 is 4.74 Å². The smallest absolute Gasteiger partial charge is 0.319 e. The molecule has 4 heteroatoms. The second-order valence-corrected chi connectivity index (χ2v) is 6.50. The van der Waals surface area contributed by atoms with Crippen molar-refractivity contribution in [2.45, 2.75) is 43.3 Å². The van der Waals surface area contributed by atoms with Gasteiger partial charge in [-0.05, 0) is 38.3 Å². The van der Waals surface area contributed by atoms with Gasteiger partial charge in [0.1, 0.15) is 5.25 Å². The van der Waals surface area contributed by atoms with E-state index in [1.165, 1.54) is 11.8 Å². The maximum absolute atomic E-state index is 11.9. The van der Waals surface area contributed by atoms with Crippen LogP contribution in [0.5, 0.6) is 0 Å². The number of Topliss-reactive ketones (excluding diaryl/α,β-unsaturated/α-hetero) is 1. The van der Waals surface area contributed by atoms with E-state index in [9.17, 15) is 9.59 Å². The number of rotatable bonds is 7. The van der Waals surface area contributed by atoms with E-state index in [1.807, 2.05) is 38.1 Å². The Morgan fingerprint density at radius 3 is 2.50 bits per heavy atom. The predicted molar refractivity (Wildman–Crippen MR) is 80.1 cm³/mol. The van der Waals surface area contributed by atoms with Crippen molar-refractivity contribution >= 4 is 23.5 Å². The van der Waals surface area contributed by atoms with Crippen LogP contribution in [0.3, 0.4) is 0 Å². The summed E-state index contributed by atoms with van der Waals surface area (Å²) in [6.45, 7) is 4.28. The minimum Gasteiger partial charge on any atom is -0.465 e. The molecular formula is C16H20O3S. The number of ketones is 1. The van der Waals surface area contributed by atoms with E-state index < -0.39 is 0 Å². The largest absolute Gasteiger partial charge is 0.465 e. The van der Waals surface area contributed by atoms with Gasteiger partial charge >= 0.3 is 5.97 Å². The lowest BCUT2D eigenvalue weighted by Crippen LogP contribution is -2.17. The van der Waals surface area contributed by atoms with Gasteiger partial charge in [-0.2, -0.15) is 0 Å². The molecule has 0 N–H and O–H groups in total. The maximum Gasteiger partial charge on any atom is 0.319 e. The van der Waals surface area contributed by atoms with Crippen molar-refractivity contribution in [3.8, 4) is 0 Å². The standard InChI is InChI=1S/C16H20O3S/c1-3-10-19-16(18)11(2)20-14-8-6-13(7-9-14)15(17)12-4-5-12/h6-9,11-12H,3-5,10H2,1-2H3. The molecule has 0 spiro atoms. The lowest BCUT2D eigenvalue weighted by atomic mass is 10.1. The van der Waals surface area contributed by atoms with Gasteiger partial charge in [0.2, 0.25) is 0 Å². The van der Waals surface area contributed by atoms with Gasteiger partial charge in [-0.3, -0.25) is 9.59 Å². The van der Waals surface area contributed by atoms with Crippen molar-refractivity contribution in [1.82, 2.24) is 0 Å². The van der Waals surface area contributed by atoms with E-state index >= 15 is 0 Å². The van der Waals surface area contributed by atoms with Crippen LogP contribution in [0.4, 0.5) is 0 Å². The molecule has 1 unspecified atom stereocenters. The number of carbonyl (C=O) groups is 2. The second kappa shape index (κ2) is 6.93. The van der Waals surface area contributed by atoms with Crippen molar-refractivity contribution in [2.75, 3.05) is 6.61 Å². The Hall–Kier alpha value is -1.29. The first kappa shape index (κ1) is 15.1. The van der Waals surface area contributed by atoms with Crippen LogP contribution in [-0.2, 0) is 9.53 Å². The van der Waals surface area contributed by atoms with Gasteiger partial charge in [0.25, 0.3) is 0 Å². The van der Waals surface area contributed by atoms with E-state index in [0.717, 1.165) is 29.7 Å². The predicted octanol–water partition coefficient (Wildman–Crippen LogP) is 3.71. The van der Waals surface area contributed by atoms with Crippen LogP contribution in [0.15, 0.2) is 29.2 Å². The monoisotopic (exact) mass is 292 g/mol. The summed E-state index contributed by atoms with van der Waals surface area (Å²) in [5.74, 6) is 0.309. The molecule has 20 heavy (non-hydrogen) atoms. The van der Waals surface area contributed by atoms with Crippen LogP contribution in [-0.4, -0.2) is 23.6 Å². The van der Waals surface area contributed by atoms with Crippen molar-refractivity contribution in [2.24, 2.45) is 5.92 Å². The fourth-order valence-electron chi connectivity index (χ4n) is 1.85. The third kappa shape index (κ3) is 4.10. The molecular weight excluding hydrogens is 272 g/mol. The SMILES string of the molecule is CCCOC(=O)C(C)Sc1ccc(C(=O)C2CC2)cc1. The Morgan fingerprint density at radius 2 is 1.95 bits per heavy atom. The van der Waals surface area contributed by atoms with Gasteiger partial charge in [-0.25, -0.2) is 0 Å². The Balaban J connectivity index is 1.89. The Kier molecular flexibility index (Phi) is 5.24. The molecule has 108 valence electrons. The van der Waals surface area contributed by atoms with E-state index in [2.05, 4.69) is 0 Å². The molecule has 0 aromatic heterocycles. The second-order valence-electron chi connectivity index (χ2n) is 5.09. The fraction of sp³-hybridized carbons (Fsp3) is 0.500. The lowest BCUT2D eigenvalue weighted by Gasteiger charge is -2.11. The highest BCUT2D eigenvalue weighted by Crippen LogP contribution is 2.33. The highest BCUT2D eigenvalue weighted by Gasteiger charge is 2.30. The summed E-state index contributed by atoms with van der Waals surface area (Å²) in [5, 5.41) is -0.230. The highest BCUT2D eigenvalue weighted by molar-refractivity contribution is 8.00. The number of esters is 1. The van der Waals surface area contributed by atoms with Crippen molar-refractivity contribution in [3.05, 3.63) is 29.8 Å². The third-order valence-corrected chi connectivity index (χ3v) is 4.27. The maximum atomic E-state index is 11.9. The summed E-state index contributed by atoms with van der Waals surface area (Å²) in [5.41, 5.74) is 0.776. The van der Waals surface area contributed by atoms with E-state index in [-0.39, 0.29) is 22.9 Å². The molecule has 0 amide bonds. The zero-order valence-electron chi connectivity index (χ0n) is 11.9. The topological polar surface area (TPSA) is 43.4 Å². The number of hydrogen-bond acceptors (Lipinski definition) is 4. The highest BCUT2D eigenvalue weighted by atomic mass is 32.2. The molecule has 3 nitrogen and oxygen atoms in total. The van der Waals surface area contributed by atoms with Crippen LogP contribution in [0.2, 0.25) is 0 Å². The van der Waals surface area contributed by atoms with Crippen LogP contribution in [0, 0.1) is 5.92 Å². The Morgan fingerprint density at radius 1 is 1.30 bits per heavy atom. The summed E-state index contributed by atoms with van der Waals surface area (Å²) < 4.78 is 5.11.